The number of carbonyl (C=O) groups is 2. The van der Waals surface area contributed by atoms with E-state index in [1.165, 1.54) is 12.1 Å². The Balaban J connectivity index is 1.97. The summed E-state index contributed by atoms with van der Waals surface area (Å²) in [5.41, 5.74) is -0.411. The maximum absolute atomic E-state index is 12.7. The Kier molecular flexibility index (Phi) is 4.43. The third-order valence-corrected chi connectivity index (χ3v) is 4.35. The summed E-state index contributed by atoms with van der Waals surface area (Å²) < 4.78 is 31.5. The van der Waals surface area contributed by atoms with Gasteiger partial charge in [-0.25, -0.2) is 0 Å². The van der Waals surface area contributed by atoms with Crippen molar-refractivity contribution in [2.24, 2.45) is 0 Å². The minimum absolute atomic E-state index is 0.109. The highest BCUT2D eigenvalue weighted by Crippen LogP contribution is 2.43. The highest BCUT2D eigenvalue weighted by atomic mass is 32.2. The highest BCUT2D eigenvalue weighted by molar-refractivity contribution is 7.85. The van der Waals surface area contributed by atoms with Crippen molar-refractivity contribution < 1.29 is 37.1 Å². The molecule has 8 nitrogen and oxygen atoms in total. The van der Waals surface area contributed by atoms with E-state index in [1.54, 1.807) is 12.1 Å². The van der Waals surface area contributed by atoms with Crippen LogP contribution in [0.25, 0.3) is 0 Å². The van der Waals surface area contributed by atoms with Crippen LogP contribution in [0.2, 0.25) is 0 Å². The number of hydrogen-bond acceptors (Lipinski definition) is 8. The number of phenols is 2. The Morgan fingerprint density at radius 1 is 0.962 bits per heavy atom. The lowest BCUT2D eigenvalue weighted by Crippen LogP contribution is -2.21. The zero-order valence-corrected chi connectivity index (χ0v) is 14.4. The van der Waals surface area contributed by atoms with Gasteiger partial charge in [-0.1, -0.05) is 24.3 Å². The number of hydrogen-bond donors (Lipinski definition) is 2. The number of ketones is 2. The van der Waals surface area contributed by atoms with E-state index in [-0.39, 0.29) is 41.2 Å². The number of phenolic OH excluding ortho intramolecular Hbond substituents is 2. The lowest BCUT2D eigenvalue weighted by atomic mass is 9.83. The van der Waals surface area contributed by atoms with E-state index in [0.29, 0.717) is 0 Å². The van der Waals surface area contributed by atoms with Crippen molar-refractivity contribution in [1.82, 2.24) is 0 Å². The van der Waals surface area contributed by atoms with E-state index >= 15 is 0 Å². The molecular weight excluding hydrogens is 364 g/mol. The van der Waals surface area contributed by atoms with Crippen molar-refractivity contribution in [3.8, 4) is 17.2 Å². The second-order valence-corrected chi connectivity index (χ2v) is 7.21. The van der Waals surface area contributed by atoms with E-state index in [9.17, 15) is 28.2 Å². The molecule has 0 unspecified atom stereocenters. The normalized spacial score (nSPS) is 13.3. The molecule has 0 atom stereocenters. The third-order valence-electron chi connectivity index (χ3n) is 3.75. The first kappa shape index (κ1) is 17.9. The van der Waals surface area contributed by atoms with Crippen LogP contribution in [0, 0.1) is 0 Å². The Hall–Kier alpha value is -2.91. The Bertz CT molecular complexity index is 1020. The second kappa shape index (κ2) is 6.43. The smallest absolute Gasteiger partial charge is 0.264 e. The number of ether oxygens (including phenoxy) is 1. The summed E-state index contributed by atoms with van der Waals surface area (Å²) in [6.45, 7) is -0.594. The van der Waals surface area contributed by atoms with Gasteiger partial charge in [-0.2, -0.15) is 8.42 Å². The molecule has 136 valence electrons. The van der Waals surface area contributed by atoms with Crippen LogP contribution in [-0.4, -0.2) is 49.7 Å². The molecule has 0 saturated heterocycles. The van der Waals surface area contributed by atoms with Gasteiger partial charge in [0.05, 0.1) is 17.4 Å². The number of rotatable bonds is 5. The Labute approximate surface area is 148 Å². The van der Waals surface area contributed by atoms with E-state index < -0.39 is 33.2 Å². The van der Waals surface area contributed by atoms with Crippen LogP contribution in [0.4, 0.5) is 0 Å². The molecule has 0 fully saturated rings. The molecule has 0 radical (unpaired) electrons. The average Bonchev–Trinajstić information content (AvgIpc) is 2.58. The molecule has 0 heterocycles. The van der Waals surface area contributed by atoms with Gasteiger partial charge in [-0.05, 0) is 0 Å². The quantitative estimate of drug-likeness (QED) is 0.385. The molecule has 1 aliphatic rings. The largest absolute Gasteiger partial charge is 0.507 e. The summed E-state index contributed by atoms with van der Waals surface area (Å²) in [6.07, 6.45) is 0.872. The Morgan fingerprint density at radius 3 is 2.12 bits per heavy atom. The molecule has 0 bridgehead atoms. The summed E-state index contributed by atoms with van der Waals surface area (Å²) in [4.78, 5) is 25.2. The molecule has 0 amide bonds. The molecule has 2 N–H and O–H groups in total. The highest BCUT2D eigenvalue weighted by Gasteiger charge is 2.35. The average molecular weight is 378 g/mol. The fraction of sp³-hybridized carbons (Fsp3) is 0.176. The van der Waals surface area contributed by atoms with Gasteiger partial charge in [-0.3, -0.25) is 13.8 Å². The minimum atomic E-state index is -3.65. The predicted molar refractivity (Wildman–Crippen MR) is 89.4 cm³/mol. The minimum Gasteiger partial charge on any atom is -0.507 e. The summed E-state index contributed by atoms with van der Waals surface area (Å²) in [6, 6.07) is 7.07. The molecular formula is C17H14O8S. The molecule has 0 aromatic heterocycles. The van der Waals surface area contributed by atoms with E-state index in [0.717, 1.165) is 12.3 Å². The second-order valence-electron chi connectivity index (χ2n) is 5.57. The first-order valence-electron chi connectivity index (χ1n) is 7.45. The molecule has 0 spiro atoms. The lowest BCUT2D eigenvalue weighted by molar-refractivity contribution is 0.0973. The monoisotopic (exact) mass is 378 g/mol. The maximum atomic E-state index is 12.7. The van der Waals surface area contributed by atoms with Gasteiger partial charge >= 0.3 is 0 Å². The first-order chi connectivity index (χ1) is 12.2. The fourth-order valence-electron chi connectivity index (χ4n) is 2.68. The fourth-order valence-corrected chi connectivity index (χ4v) is 3.05. The molecule has 0 aliphatic heterocycles. The summed E-state index contributed by atoms with van der Waals surface area (Å²) in [5, 5.41) is 20.5. The summed E-state index contributed by atoms with van der Waals surface area (Å²) in [7, 11) is -3.65. The van der Waals surface area contributed by atoms with Gasteiger partial charge in [0.15, 0.2) is 23.1 Å². The Morgan fingerprint density at radius 2 is 1.54 bits per heavy atom. The van der Waals surface area contributed by atoms with Crippen molar-refractivity contribution in [2.75, 3.05) is 19.5 Å². The molecule has 2 aromatic rings. The van der Waals surface area contributed by atoms with Crippen LogP contribution >= 0.6 is 0 Å². The SMILES string of the molecule is CS(=O)(=O)OCCOc1cc(O)c2c(c1O)C(=O)c1ccccc1C2=O. The molecule has 9 heteroatoms. The zero-order valence-electron chi connectivity index (χ0n) is 13.6. The van der Waals surface area contributed by atoms with Gasteiger partial charge in [0, 0.05) is 17.2 Å². The van der Waals surface area contributed by atoms with Crippen LogP contribution < -0.4 is 4.74 Å². The predicted octanol–water partition coefficient (Wildman–Crippen LogP) is 1.23. The van der Waals surface area contributed by atoms with Crippen LogP contribution in [0.5, 0.6) is 17.2 Å². The van der Waals surface area contributed by atoms with Gasteiger partial charge in [0.25, 0.3) is 10.1 Å². The summed E-state index contributed by atoms with van der Waals surface area (Å²) in [5.74, 6) is -2.61. The van der Waals surface area contributed by atoms with Crippen LogP contribution in [0.1, 0.15) is 31.8 Å². The number of carbonyl (C=O) groups excluding carboxylic acids is 2. The third kappa shape index (κ3) is 3.14. The van der Waals surface area contributed by atoms with Crippen LogP contribution in [0.3, 0.4) is 0 Å². The molecule has 26 heavy (non-hydrogen) atoms. The van der Waals surface area contributed by atoms with Gasteiger partial charge < -0.3 is 14.9 Å². The van der Waals surface area contributed by atoms with Crippen molar-refractivity contribution >= 4 is 21.7 Å². The maximum Gasteiger partial charge on any atom is 0.264 e. The van der Waals surface area contributed by atoms with Crippen molar-refractivity contribution in [2.45, 2.75) is 0 Å². The van der Waals surface area contributed by atoms with Gasteiger partial charge in [0.1, 0.15) is 19.0 Å². The number of fused-ring (bicyclic) bond motifs is 2. The molecule has 1 aliphatic carbocycles. The molecule has 0 saturated carbocycles. The molecule has 3 rings (SSSR count). The lowest BCUT2D eigenvalue weighted by Gasteiger charge is -2.21. The van der Waals surface area contributed by atoms with Crippen molar-refractivity contribution in [3.05, 3.63) is 52.6 Å². The van der Waals surface area contributed by atoms with Crippen LogP contribution in [-0.2, 0) is 14.3 Å². The van der Waals surface area contributed by atoms with E-state index in [2.05, 4.69) is 4.18 Å². The van der Waals surface area contributed by atoms with Gasteiger partial charge in [0.2, 0.25) is 0 Å². The zero-order chi connectivity index (χ0) is 19.1. The van der Waals surface area contributed by atoms with Crippen molar-refractivity contribution in [3.63, 3.8) is 0 Å². The first-order valence-corrected chi connectivity index (χ1v) is 9.27. The number of aromatic hydroxyl groups is 2. The van der Waals surface area contributed by atoms with Crippen molar-refractivity contribution in [1.29, 1.82) is 0 Å². The number of benzene rings is 2. The molecule has 2 aromatic carbocycles. The standard InChI is InChI=1S/C17H14O8S/c1-26(22,23)25-7-6-24-12-8-11(18)13-14(17(12)21)16(20)10-5-3-2-4-9(10)15(13)19/h2-5,8,18,21H,6-7H2,1H3. The van der Waals surface area contributed by atoms with Crippen LogP contribution in [0.15, 0.2) is 30.3 Å². The van der Waals surface area contributed by atoms with E-state index in [1.807, 2.05) is 0 Å². The topological polar surface area (TPSA) is 127 Å². The van der Waals surface area contributed by atoms with E-state index in [4.69, 9.17) is 4.74 Å². The van der Waals surface area contributed by atoms with Gasteiger partial charge in [-0.15, -0.1) is 0 Å². The summed E-state index contributed by atoms with van der Waals surface area (Å²) >= 11 is 0.